The fraction of sp³-hybridized carbons (Fsp3) is 0.471. The van der Waals surface area contributed by atoms with Crippen LogP contribution in [0.25, 0.3) is 0 Å². The van der Waals surface area contributed by atoms with E-state index in [1.807, 2.05) is 0 Å². The number of hydrogen-bond acceptors (Lipinski definition) is 4. The summed E-state index contributed by atoms with van der Waals surface area (Å²) in [5.74, 6) is -1.59. The zero-order valence-electron chi connectivity index (χ0n) is 13.6. The van der Waals surface area contributed by atoms with Crippen LogP contribution in [0.4, 0.5) is 5.69 Å². The Morgan fingerprint density at radius 3 is 2.54 bits per heavy atom. The van der Waals surface area contributed by atoms with Gasteiger partial charge in [0.05, 0.1) is 12.1 Å². The first kappa shape index (κ1) is 18.4. The highest BCUT2D eigenvalue weighted by atomic mass is 35.5. The number of hydroxylamine groups is 2. The molecule has 0 bridgehead atoms. The van der Waals surface area contributed by atoms with E-state index in [2.05, 4.69) is 6.92 Å². The van der Waals surface area contributed by atoms with E-state index in [0.717, 1.165) is 24.2 Å². The number of halogens is 1. The van der Waals surface area contributed by atoms with Gasteiger partial charge < -0.3 is 0 Å². The van der Waals surface area contributed by atoms with Gasteiger partial charge in [0.15, 0.2) is 0 Å². The molecule has 0 aliphatic carbocycles. The highest BCUT2D eigenvalue weighted by Gasteiger charge is 2.44. The molecule has 0 radical (unpaired) electrons. The maximum absolute atomic E-state index is 12.4. The van der Waals surface area contributed by atoms with Crippen LogP contribution in [-0.2, 0) is 14.4 Å². The maximum Gasteiger partial charge on any atom is 0.259 e. The molecule has 1 saturated heterocycles. The smallest absolute Gasteiger partial charge is 0.259 e. The molecule has 1 aromatic carbocycles. The Balaban J connectivity index is 2.02. The molecule has 130 valence electrons. The molecular weight excluding hydrogens is 332 g/mol. The van der Waals surface area contributed by atoms with Gasteiger partial charge in [-0.05, 0) is 30.7 Å². The molecule has 0 aromatic heterocycles. The topological polar surface area (TPSA) is 77.9 Å². The van der Waals surface area contributed by atoms with Crippen LogP contribution in [0.1, 0.15) is 45.4 Å². The van der Waals surface area contributed by atoms with Crippen LogP contribution in [0.3, 0.4) is 0 Å². The molecule has 24 heavy (non-hydrogen) atoms. The van der Waals surface area contributed by atoms with Gasteiger partial charge in [-0.2, -0.15) is 0 Å². The second kappa shape index (κ2) is 8.26. The first-order valence-electron chi connectivity index (χ1n) is 8.09. The van der Waals surface area contributed by atoms with Crippen LogP contribution in [-0.4, -0.2) is 34.0 Å². The van der Waals surface area contributed by atoms with Crippen molar-refractivity contribution in [2.24, 2.45) is 0 Å². The largest absolute Gasteiger partial charge is 0.285 e. The summed E-state index contributed by atoms with van der Waals surface area (Å²) in [6, 6.07) is 5.08. The minimum atomic E-state index is -1.16. The molecule has 3 amide bonds. The average Bonchev–Trinajstić information content (AvgIpc) is 2.86. The Morgan fingerprint density at radius 1 is 1.25 bits per heavy atom. The fourth-order valence-corrected chi connectivity index (χ4v) is 2.79. The first-order valence-corrected chi connectivity index (χ1v) is 8.46. The molecule has 7 heteroatoms. The van der Waals surface area contributed by atoms with Gasteiger partial charge >= 0.3 is 0 Å². The lowest BCUT2D eigenvalue weighted by molar-refractivity contribution is -0.177. The molecular formula is C17H21ClN2O4. The van der Waals surface area contributed by atoms with Crippen molar-refractivity contribution >= 4 is 35.0 Å². The van der Waals surface area contributed by atoms with Crippen molar-refractivity contribution in [3.05, 3.63) is 29.3 Å². The number of benzene rings is 1. The zero-order chi connectivity index (χ0) is 17.7. The molecule has 1 heterocycles. The van der Waals surface area contributed by atoms with Gasteiger partial charge in [0.25, 0.3) is 5.91 Å². The summed E-state index contributed by atoms with van der Waals surface area (Å²) in [6.07, 6.45) is 3.55. The van der Waals surface area contributed by atoms with E-state index in [-0.39, 0.29) is 12.8 Å². The molecule has 0 spiro atoms. The summed E-state index contributed by atoms with van der Waals surface area (Å²) >= 11 is 5.80. The molecule has 1 aliphatic rings. The van der Waals surface area contributed by atoms with Gasteiger partial charge in [0.1, 0.15) is 6.04 Å². The van der Waals surface area contributed by atoms with E-state index in [4.69, 9.17) is 11.6 Å². The number of nitrogens with zero attached hydrogens (tertiary/aromatic N) is 2. The van der Waals surface area contributed by atoms with Crippen molar-refractivity contribution in [1.82, 2.24) is 5.06 Å². The molecule has 2 rings (SSSR count). The third-order valence-electron chi connectivity index (χ3n) is 4.00. The molecule has 1 fully saturated rings. The van der Waals surface area contributed by atoms with Crippen LogP contribution in [0.2, 0.25) is 5.02 Å². The van der Waals surface area contributed by atoms with E-state index < -0.39 is 23.8 Å². The number of imide groups is 1. The Kier molecular flexibility index (Phi) is 6.34. The minimum absolute atomic E-state index is 0.162. The second-order valence-electron chi connectivity index (χ2n) is 5.81. The lowest BCUT2D eigenvalue weighted by Gasteiger charge is -2.21. The van der Waals surface area contributed by atoms with Crippen LogP contribution >= 0.6 is 11.6 Å². The first-order chi connectivity index (χ1) is 11.5. The number of carbonyl (C=O) groups is 3. The number of hydrogen-bond donors (Lipinski definition) is 1. The summed E-state index contributed by atoms with van der Waals surface area (Å²) in [6.45, 7) is 2.06. The van der Waals surface area contributed by atoms with Crippen molar-refractivity contribution < 1.29 is 19.6 Å². The Bertz CT molecular complexity index is 618. The molecule has 1 aromatic rings. The molecule has 6 nitrogen and oxygen atoms in total. The summed E-state index contributed by atoms with van der Waals surface area (Å²) in [7, 11) is 0. The molecule has 1 aliphatic heterocycles. The van der Waals surface area contributed by atoms with Crippen LogP contribution in [0, 0.1) is 0 Å². The summed E-state index contributed by atoms with van der Waals surface area (Å²) in [5.41, 5.74) is 0.376. The normalized spacial score (nSPS) is 17.5. The van der Waals surface area contributed by atoms with Crippen molar-refractivity contribution in [2.45, 2.75) is 51.5 Å². The third-order valence-corrected chi connectivity index (χ3v) is 4.25. The summed E-state index contributed by atoms with van der Waals surface area (Å²) in [4.78, 5) is 37.6. The lowest BCUT2D eigenvalue weighted by Crippen LogP contribution is -2.43. The highest BCUT2D eigenvalue weighted by molar-refractivity contribution is 6.30. The van der Waals surface area contributed by atoms with E-state index >= 15 is 0 Å². The predicted octanol–water partition coefficient (Wildman–Crippen LogP) is 3.16. The number of carbonyl (C=O) groups excluding carboxylic acids is 3. The zero-order valence-corrected chi connectivity index (χ0v) is 14.3. The van der Waals surface area contributed by atoms with E-state index in [9.17, 15) is 19.6 Å². The van der Waals surface area contributed by atoms with Crippen LogP contribution in [0.15, 0.2) is 24.3 Å². The van der Waals surface area contributed by atoms with Gasteiger partial charge in [-0.1, -0.05) is 37.8 Å². The lowest BCUT2D eigenvalue weighted by atomic mass is 10.1. The van der Waals surface area contributed by atoms with Crippen molar-refractivity contribution in [3.8, 4) is 0 Å². The van der Waals surface area contributed by atoms with Gasteiger partial charge in [0.2, 0.25) is 11.8 Å². The number of rotatable bonds is 7. The maximum atomic E-state index is 12.4. The second-order valence-corrected chi connectivity index (χ2v) is 6.25. The van der Waals surface area contributed by atoms with Gasteiger partial charge in [-0.25, -0.2) is 9.96 Å². The van der Waals surface area contributed by atoms with E-state index in [0.29, 0.717) is 22.2 Å². The summed E-state index contributed by atoms with van der Waals surface area (Å²) in [5, 5.41) is 10.9. The van der Waals surface area contributed by atoms with E-state index in [1.165, 1.54) is 0 Å². The van der Waals surface area contributed by atoms with Crippen LogP contribution in [0.5, 0.6) is 0 Å². The highest BCUT2D eigenvalue weighted by Crippen LogP contribution is 2.26. The SMILES string of the molecule is CCCCCCC(=O)N(O)[C@@H]1CC(=O)N(c2ccc(Cl)cc2)C1=O. The van der Waals surface area contributed by atoms with Gasteiger partial charge in [0, 0.05) is 11.4 Å². The van der Waals surface area contributed by atoms with Crippen molar-refractivity contribution in [3.63, 3.8) is 0 Å². The fourth-order valence-electron chi connectivity index (χ4n) is 2.66. The monoisotopic (exact) mass is 352 g/mol. The predicted molar refractivity (Wildman–Crippen MR) is 89.7 cm³/mol. The molecule has 0 saturated carbocycles. The molecule has 1 N–H and O–H groups in total. The number of unbranched alkanes of at least 4 members (excludes halogenated alkanes) is 3. The Morgan fingerprint density at radius 2 is 1.92 bits per heavy atom. The molecule has 0 unspecified atom stereocenters. The van der Waals surface area contributed by atoms with E-state index in [1.54, 1.807) is 24.3 Å². The number of amides is 3. The van der Waals surface area contributed by atoms with Gasteiger partial charge in [-0.3, -0.25) is 19.6 Å². The minimum Gasteiger partial charge on any atom is -0.285 e. The van der Waals surface area contributed by atoms with Crippen molar-refractivity contribution in [2.75, 3.05) is 4.90 Å². The third kappa shape index (κ3) is 4.13. The molecule has 1 atom stereocenters. The van der Waals surface area contributed by atoms with Crippen molar-refractivity contribution in [1.29, 1.82) is 0 Å². The quantitative estimate of drug-likeness (QED) is 0.354. The summed E-state index contributed by atoms with van der Waals surface area (Å²) < 4.78 is 0. The Labute approximate surface area is 145 Å². The van der Waals surface area contributed by atoms with Gasteiger partial charge in [-0.15, -0.1) is 0 Å². The van der Waals surface area contributed by atoms with Crippen LogP contribution < -0.4 is 4.90 Å². The standard InChI is InChI=1S/C17H21ClN2O4/c1-2-3-4-5-6-15(21)20(24)14-11-16(22)19(17(14)23)13-9-7-12(18)8-10-13/h7-10,14,24H,2-6,11H2,1H3/t14-/m1/s1. The Hall–Kier alpha value is -1.92. The number of anilines is 1. The average molecular weight is 353 g/mol.